The van der Waals surface area contributed by atoms with Crippen molar-refractivity contribution in [3.8, 4) is 11.5 Å². The summed E-state index contributed by atoms with van der Waals surface area (Å²) >= 11 is 0. The number of benzene rings is 1. The molecule has 0 atom stereocenters. The first-order valence-electron chi connectivity index (χ1n) is 7.24. The van der Waals surface area contributed by atoms with E-state index >= 15 is 0 Å². The quantitative estimate of drug-likeness (QED) is 0.759. The van der Waals surface area contributed by atoms with Crippen LogP contribution in [-0.2, 0) is 6.61 Å². The Hall–Kier alpha value is -2.27. The first kappa shape index (κ1) is 16.1. The van der Waals surface area contributed by atoms with Gasteiger partial charge in [0.15, 0.2) is 0 Å². The highest BCUT2D eigenvalue weighted by molar-refractivity contribution is 5.31. The fourth-order valence-electron chi connectivity index (χ4n) is 1.91. The molecule has 0 aliphatic heterocycles. The fraction of sp³-hybridized carbons (Fsp3) is 0.353. The van der Waals surface area contributed by atoms with Gasteiger partial charge in [-0.1, -0.05) is 18.2 Å². The van der Waals surface area contributed by atoms with Gasteiger partial charge < -0.3 is 19.0 Å². The van der Waals surface area contributed by atoms with Crippen LogP contribution in [0.2, 0.25) is 0 Å². The molecule has 0 spiro atoms. The van der Waals surface area contributed by atoms with Gasteiger partial charge in [0.25, 0.3) is 0 Å². The van der Waals surface area contributed by atoms with Crippen LogP contribution in [0, 0.1) is 6.92 Å². The van der Waals surface area contributed by atoms with Crippen LogP contribution >= 0.6 is 0 Å². The van der Waals surface area contributed by atoms with Crippen LogP contribution in [0.15, 0.2) is 45.8 Å². The van der Waals surface area contributed by atoms with Crippen LogP contribution in [0.1, 0.15) is 24.2 Å². The van der Waals surface area contributed by atoms with Crippen LogP contribution in [0.25, 0.3) is 0 Å². The number of aliphatic hydroxyl groups is 1. The molecule has 0 saturated heterocycles. The maximum atomic E-state index is 11.6. The van der Waals surface area contributed by atoms with Gasteiger partial charge in [-0.25, -0.2) is 0 Å². The third-order valence-electron chi connectivity index (χ3n) is 3.16. The van der Waals surface area contributed by atoms with Gasteiger partial charge in [-0.3, -0.25) is 4.79 Å². The second-order valence-corrected chi connectivity index (χ2v) is 4.90. The second-order valence-electron chi connectivity index (χ2n) is 4.90. The minimum atomic E-state index is -0.300. The SMILES string of the molecule is Cc1ccccc1OCCCCOc1coc(CO)cc1=O. The van der Waals surface area contributed by atoms with Crippen molar-refractivity contribution < 1.29 is 19.0 Å². The summed E-state index contributed by atoms with van der Waals surface area (Å²) in [6.07, 6.45) is 2.83. The molecule has 22 heavy (non-hydrogen) atoms. The molecule has 1 aromatic carbocycles. The first-order chi connectivity index (χ1) is 10.7. The molecular formula is C17H20O5. The zero-order chi connectivity index (χ0) is 15.8. The molecule has 1 N–H and O–H groups in total. The lowest BCUT2D eigenvalue weighted by Gasteiger charge is -2.09. The molecule has 0 saturated carbocycles. The lowest BCUT2D eigenvalue weighted by atomic mass is 10.2. The summed E-state index contributed by atoms with van der Waals surface area (Å²) in [5.41, 5.74) is 0.826. The third-order valence-corrected chi connectivity index (χ3v) is 3.16. The summed E-state index contributed by atoms with van der Waals surface area (Å²) in [7, 11) is 0. The number of aryl methyl sites for hydroxylation is 1. The molecule has 2 rings (SSSR count). The van der Waals surface area contributed by atoms with E-state index in [9.17, 15) is 4.79 Å². The molecule has 0 unspecified atom stereocenters. The lowest BCUT2D eigenvalue weighted by molar-refractivity contribution is 0.234. The summed E-state index contributed by atoms with van der Waals surface area (Å²) in [6, 6.07) is 9.11. The fourth-order valence-corrected chi connectivity index (χ4v) is 1.91. The van der Waals surface area contributed by atoms with E-state index in [-0.39, 0.29) is 23.5 Å². The Morgan fingerprint density at radius 3 is 2.41 bits per heavy atom. The van der Waals surface area contributed by atoms with Crippen LogP contribution < -0.4 is 14.9 Å². The average Bonchev–Trinajstić information content (AvgIpc) is 2.53. The van der Waals surface area contributed by atoms with Gasteiger partial charge in [0.05, 0.1) is 13.2 Å². The second kappa shape index (κ2) is 8.24. The van der Waals surface area contributed by atoms with Crippen molar-refractivity contribution in [3.63, 3.8) is 0 Å². The Kier molecular flexibility index (Phi) is 6.03. The van der Waals surface area contributed by atoms with Gasteiger partial charge in [-0.15, -0.1) is 0 Å². The molecule has 0 aliphatic rings. The highest BCUT2D eigenvalue weighted by Gasteiger charge is 2.04. The van der Waals surface area contributed by atoms with E-state index in [1.807, 2.05) is 31.2 Å². The van der Waals surface area contributed by atoms with Crippen molar-refractivity contribution in [2.24, 2.45) is 0 Å². The van der Waals surface area contributed by atoms with Gasteiger partial charge in [0.1, 0.15) is 24.4 Å². The minimum Gasteiger partial charge on any atom is -0.493 e. The Balaban J connectivity index is 1.67. The van der Waals surface area contributed by atoms with E-state index < -0.39 is 0 Å². The molecule has 0 bridgehead atoms. The lowest BCUT2D eigenvalue weighted by Crippen LogP contribution is -2.10. The van der Waals surface area contributed by atoms with Crippen molar-refractivity contribution in [3.05, 3.63) is 58.1 Å². The van der Waals surface area contributed by atoms with Crippen LogP contribution in [0.5, 0.6) is 11.5 Å². The predicted molar refractivity (Wildman–Crippen MR) is 82.3 cm³/mol. The number of ether oxygens (including phenoxy) is 2. The van der Waals surface area contributed by atoms with E-state index in [0.717, 1.165) is 24.2 Å². The van der Waals surface area contributed by atoms with E-state index in [2.05, 4.69) is 0 Å². The molecule has 0 radical (unpaired) electrons. The maximum Gasteiger partial charge on any atom is 0.227 e. The largest absolute Gasteiger partial charge is 0.493 e. The normalized spacial score (nSPS) is 10.5. The Morgan fingerprint density at radius 2 is 1.77 bits per heavy atom. The van der Waals surface area contributed by atoms with Crippen molar-refractivity contribution in [1.29, 1.82) is 0 Å². The van der Waals surface area contributed by atoms with Gasteiger partial charge in [0, 0.05) is 6.07 Å². The van der Waals surface area contributed by atoms with Crippen LogP contribution in [0.4, 0.5) is 0 Å². The third kappa shape index (κ3) is 4.63. The molecule has 1 aromatic heterocycles. The smallest absolute Gasteiger partial charge is 0.227 e. The monoisotopic (exact) mass is 304 g/mol. The number of para-hydroxylation sites is 1. The zero-order valence-corrected chi connectivity index (χ0v) is 12.6. The standard InChI is InChI=1S/C17H20O5/c1-13-6-2-3-7-16(13)20-8-4-5-9-21-17-12-22-14(11-18)10-15(17)19/h2-3,6-7,10,12,18H,4-5,8-9,11H2,1H3. The van der Waals surface area contributed by atoms with Crippen molar-refractivity contribution >= 4 is 0 Å². The maximum absolute atomic E-state index is 11.6. The topological polar surface area (TPSA) is 68.9 Å². The summed E-state index contributed by atoms with van der Waals surface area (Å²) in [5, 5.41) is 8.85. The molecule has 2 aromatic rings. The van der Waals surface area contributed by atoms with Gasteiger partial charge in [-0.2, -0.15) is 0 Å². The highest BCUT2D eigenvalue weighted by atomic mass is 16.5. The molecule has 5 nitrogen and oxygen atoms in total. The summed E-state index contributed by atoms with van der Waals surface area (Å²) in [4.78, 5) is 11.6. The minimum absolute atomic E-state index is 0.164. The zero-order valence-electron chi connectivity index (χ0n) is 12.6. The van der Waals surface area contributed by atoms with Crippen molar-refractivity contribution in [1.82, 2.24) is 0 Å². The van der Waals surface area contributed by atoms with Crippen molar-refractivity contribution in [2.45, 2.75) is 26.4 Å². The molecule has 0 amide bonds. The van der Waals surface area contributed by atoms with E-state index in [0.29, 0.717) is 13.2 Å². The van der Waals surface area contributed by atoms with Crippen molar-refractivity contribution in [2.75, 3.05) is 13.2 Å². The van der Waals surface area contributed by atoms with E-state index in [1.165, 1.54) is 12.3 Å². The molecule has 118 valence electrons. The van der Waals surface area contributed by atoms with Gasteiger partial charge in [0.2, 0.25) is 11.2 Å². The molecule has 5 heteroatoms. The van der Waals surface area contributed by atoms with Crippen LogP contribution in [-0.4, -0.2) is 18.3 Å². The molecule has 0 fully saturated rings. The number of hydrogen-bond donors (Lipinski definition) is 1. The summed E-state index contributed by atoms with van der Waals surface area (Å²) < 4.78 is 16.1. The Morgan fingerprint density at radius 1 is 1.09 bits per heavy atom. The van der Waals surface area contributed by atoms with Crippen LogP contribution in [0.3, 0.4) is 0 Å². The van der Waals surface area contributed by atoms with Gasteiger partial charge >= 0.3 is 0 Å². The van der Waals surface area contributed by atoms with E-state index in [1.54, 1.807) is 0 Å². The Labute approximate surface area is 129 Å². The number of unbranched alkanes of at least 4 members (excludes halogenated alkanes) is 1. The molecule has 0 aliphatic carbocycles. The Bertz CT molecular complexity index is 647. The summed E-state index contributed by atoms with van der Waals surface area (Å²) in [6.45, 7) is 2.73. The highest BCUT2D eigenvalue weighted by Crippen LogP contribution is 2.16. The number of hydrogen-bond acceptors (Lipinski definition) is 5. The first-order valence-corrected chi connectivity index (χ1v) is 7.24. The number of aliphatic hydroxyl groups excluding tert-OH is 1. The number of rotatable bonds is 8. The molecule has 1 heterocycles. The summed E-state index contributed by atoms with van der Waals surface area (Å²) in [5.74, 6) is 1.28. The van der Waals surface area contributed by atoms with E-state index in [4.69, 9.17) is 19.0 Å². The van der Waals surface area contributed by atoms with Gasteiger partial charge in [-0.05, 0) is 31.4 Å². The molecular weight excluding hydrogens is 284 g/mol. The predicted octanol–water partition coefficient (Wildman–Crippen LogP) is 2.68. The average molecular weight is 304 g/mol.